The summed E-state index contributed by atoms with van der Waals surface area (Å²) in [6.07, 6.45) is 10.2. The number of carbonyl (C=O) groups is 1. The molecule has 0 fully saturated rings. The number of allylic oxidation sites excluding steroid dienone is 1. The van der Waals surface area contributed by atoms with Crippen LogP contribution < -0.4 is 10.6 Å². The molecule has 1 aromatic carbocycles. The minimum Gasteiger partial charge on any atom is -0.370 e. The van der Waals surface area contributed by atoms with E-state index in [9.17, 15) is 4.79 Å². The molecular formula is C22H27N3O. The molecule has 1 aliphatic carbocycles. The molecule has 1 amide bonds. The van der Waals surface area contributed by atoms with Gasteiger partial charge in [0.2, 0.25) is 0 Å². The standard InChI is InChI=1S/C22H27N3O/c1-17-7-9-19(10-8-17)15-25-22(26)20-11-12-21(24-16-20)23-14-13-18-5-3-2-4-6-18/h5,7-12,16H,2-4,6,13-15H2,1H3,(H,23,24)(H,25,26). The Morgan fingerprint density at radius 3 is 2.65 bits per heavy atom. The fraction of sp³-hybridized carbons (Fsp3) is 0.364. The molecular weight excluding hydrogens is 322 g/mol. The first kappa shape index (κ1) is 18.2. The molecule has 0 atom stereocenters. The third-order valence-electron chi connectivity index (χ3n) is 4.74. The lowest BCUT2D eigenvalue weighted by Crippen LogP contribution is -2.23. The van der Waals surface area contributed by atoms with E-state index in [-0.39, 0.29) is 5.91 Å². The zero-order chi connectivity index (χ0) is 18.2. The number of nitrogens with one attached hydrogen (secondary N) is 2. The van der Waals surface area contributed by atoms with Crippen molar-refractivity contribution in [3.05, 3.63) is 70.9 Å². The molecule has 3 rings (SSSR count). The molecule has 0 saturated carbocycles. The van der Waals surface area contributed by atoms with E-state index in [0.717, 1.165) is 24.3 Å². The molecule has 1 heterocycles. The fourth-order valence-corrected chi connectivity index (χ4v) is 3.11. The van der Waals surface area contributed by atoms with Crippen molar-refractivity contribution in [1.82, 2.24) is 10.3 Å². The first-order chi connectivity index (χ1) is 12.7. The smallest absolute Gasteiger partial charge is 0.253 e. The van der Waals surface area contributed by atoms with Gasteiger partial charge in [0.25, 0.3) is 5.91 Å². The Morgan fingerprint density at radius 2 is 1.96 bits per heavy atom. The molecule has 0 unspecified atom stereocenters. The maximum Gasteiger partial charge on any atom is 0.253 e. The number of benzene rings is 1. The Kier molecular flexibility index (Phi) is 6.42. The third-order valence-corrected chi connectivity index (χ3v) is 4.74. The normalized spacial score (nSPS) is 13.8. The van der Waals surface area contributed by atoms with Crippen LogP contribution in [0.5, 0.6) is 0 Å². The number of aryl methyl sites for hydroxylation is 1. The van der Waals surface area contributed by atoms with Gasteiger partial charge in [0.05, 0.1) is 5.56 Å². The van der Waals surface area contributed by atoms with Crippen molar-refractivity contribution in [2.24, 2.45) is 0 Å². The van der Waals surface area contributed by atoms with Gasteiger partial charge in [-0.2, -0.15) is 0 Å². The second kappa shape index (κ2) is 9.18. The van der Waals surface area contributed by atoms with Gasteiger partial charge in [0, 0.05) is 19.3 Å². The number of anilines is 1. The van der Waals surface area contributed by atoms with Gasteiger partial charge in [-0.3, -0.25) is 4.79 Å². The highest BCUT2D eigenvalue weighted by Crippen LogP contribution is 2.20. The number of hydrogen-bond acceptors (Lipinski definition) is 3. The first-order valence-electron chi connectivity index (χ1n) is 9.42. The first-order valence-corrected chi connectivity index (χ1v) is 9.42. The van der Waals surface area contributed by atoms with Crippen molar-refractivity contribution < 1.29 is 4.79 Å². The van der Waals surface area contributed by atoms with Crippen LogP contribution in [0.25, 0.3) is 0 Å². The fourth-order valence-electron chi connectivity index (χ4n) is 3.11. The highest BCUT2D eigenvalue weighted by molar-refractivity contribution is 5.94. The van der Waals surface area contributed by atoms with Crippen LogP contribution in [0.4, 0.5) is 5.82 Å². The van der Waals surface area contributed by atoms with Crippen LogP contribution in [-0.4, -0.2) is 17.4 Å². The molecule has 4 nitrogen and oxygen atoms in total. The molecule has 136 valence electrons. The predicted octanol–water partition coefficient (Wildman–Crippen LogP) is 4.62. The highest BCUT2D eigenvalue weighted by atomic mass is 16.1. The lowest BCUT2D eigenvalue weighted by atomic mass is 9.97. The summed E-state index contributed by atoms with van der Waals surface area (Å²) >= 11 is 0. The second-order valence-corrected chi connectivity index (χ2v) is 6.89. The van der Waals surface area contributed by atoms with Gasteiger partial charge in [0.1, 0.15) is 5.82 Å². The Balaban J connectivity index is 1.44. The van der Waals surface area contributed by atoms with Crippen LogP contribution in [0.1, 0.15) is 53.6 Å². The van der Waals surface area contributed by atoms with Crippen LogP contribution in [-0.2, 0) is 6.54 Å². The summed E-state index contributed by atoms with van der Waals surface area (Å²) in [5.41, 5.74) is 4.44. The molecule has 26 heavy (non-hydrogen) atoms. The summed E-state index contributed by atoms with van der Waals surface area (Å²) in [5.74, 6) is 0.716. The van der Waals surface area contributed by atoms with Gasteiger partial charge in [0.15, 0.2) is 0 Å². The largest absolute Gasteiger partial charge is 0.370 e. The molecule has 0 saturated heterocycles. The molecule has 0 bridgehead atoms. The zero-order valence-corrected chi connectivity index (χ0v) is 15.4. The van der Waals surface area contributed by atoms with Gasteiger partial charge in [-0.05, 0) is 56.7 Å². The molecule has 2 aromatic rings. The SMILES string of the molecule is Cc1ccc(CNC(=O)c2ccc(NCCC3=CCCCC3)nc2)cc1. The van der Waals surface area contributed by atoms with E-state index in [1.165, 1.54) is 31.2 Å². The maximum absolute atomic E-state index is 12.2. The number of nitrogens with zero attached hydrogens (tertiary/aromatic N) is 1. The average Bonchev–Trinajstić information content (AvgIpc) is 2.69. The molecule has 4 heteroatoms. The summed E-state index contributed by atoms with van der Waals surface area (Å²) in [6.45, 7) is 3.46. The molecule has 1 aromatic heterocycles. The van der Waals surface area contributed by atoms with Crippen LogP contribution >= 0.6 is 0 Å². The van der Waals surface area contributed by atoms with Crippen LogP contribution in [0.2, 0.25) is 0 Å². The van der Waals surface area contributed by atoms with E-state index in [4.69, 9.17) is 0 Å². The van der Waals surface area contributed by atoms with Crippen molar-refractivity contribution in [1.29, 1.82) is 0 Å². The topological polar surface area (TPSA) is 54.0 Å². The number of hydrogen-bond donors (Lipinski definition) is 2. The number of pyridine rings is 1. The van der Waals surface area contributed by atoms with E-state index in [1.807, 2.05) is 36.4 Å². The van der Waals surface area contributed by atoms with Gasteiger partial charge >= 0.3 is 0 Å². The van der Waals surface area contributed by atoms with Crippen molar-refractivity contribution in [3.8, 4) is 0 Å². The molecule has 0 aliphatic heterocycles. The quantitative estimate of drug-likeness (QED) is 0.717. The number of rotatable bonds is 7. The summed E-state index contributed by atoms with van der Waals surface area (Å²) in [7, 11) is 0. The monoisotopic (exact) mass is 349 g/mol. The van der Waals surface area contributed by atoms with E-state index in [1.54, 1.807) is 11.8 Å². The van der Waals surface area contributed by atoms with E-state index < -0.39 is 0 Å². The number of carbonyl (C=O) groups excluding carboxylic acids is 1. The van der Waals surface area contributed by atoms with E-state index in [2.05, 4.69) is 28.6 Å². The van der Waals surface area contributed by atoms with Crippen molar-refractivity contribution in [2.75, 3.05) is 11.9 Å². The molecule has 1 aliphatic rings. The minimum absolute atomic E-state index is 0.100. The lowest BCUT2D eigenvalue weighted by molar-refractivity contribution is 0.0950. The highest BCUT2D eigenvalue weighted by Gasteiger charge is 2.07. The van der Waals surface area contributed by atoms with Crippen molar-refractivity contribution in [3.63, 3.8) is 0 Å². The summed E-state index contributed by atoms with van der Waals surface area (Å²) in [6, 6.07) is 11.8. The Labute approximate surface area is 155 Å². The summed E-state index contributed by atoms with van der Waals surface area (Å²) < 4.78 is 0. The second-order valence-electron chi connectivity index (χ2n) is 6.89. The Hall–Kier alpha value is -2.62. The molecule has 0 radical (unpaired) electrons. The Morgan fingerprint density at radius 1 is 1.12 bits per heavy atom. The van der Waals surface area contributed by atoms with Gasteiger partial charge in [-0.25, -0.2) is 4.98 Å². The number of aromatic nitrogens is 1. The maximum atomic E-state index is 12.2. The van der Waals surface area contributed by atoms with Crippen LogP contribution in [0, 0.1) is 6.92 Å². The summed E-state index contributed by atoms with van der Waals surface area (Å²) in [4.78, 5) is 16.6. The Bertz CT molecular complexity index is 748. The van der Waals surface area contributed by atoms with Gasteiger partial charge < -0.3 is 10.6 Å². The van der Waals surface area contributed by atoms with Crippen molar-refractivity contribution in [2.45, 2.75) is 45.6 Å². The van der Waals surface area contributed by atoms with E-state index in [0.29, 0.717) is 12.1 Å². The van der Waals surface area contributed by atoms with Crippen molar-refractivity contribution >= 4 is 11.7 Å². The lowest BCUT2D eigenvalue weighted by Gasteiger charge is -2.13. The van der Waals surface area contributed by atoms with Crippen LogP contribution in [0.15, 0.2) is 54.2 Å². The zero-order valence-electron chi connectivity index (χ0n) is 15.4. The summed E-state index contributed by atoms with van der Waals surface area (Å²) in [5, 5.41) is 6.27. The average molecular weight is 349 g/mol. The van der Waals surface area contributed by atoms with E-state index >= 15 is 0 Å². The molecule has 2 N–H and O–H groups in total. The number of amides is 1. The minimum atomic E-state index is -0.100. The predicted molar refractivity (Wildman–Crippen MR) is 106 cm³/mol. The van der Waals surface area contributed by atoms with Gasteiger partial charge in [-0.1, -0.05) is 41.5 Å². The van der Waals surface area contributed by atoms with Gasteiger partial charge in [-0.15, -0.1) is 0 Å². The van der Waals surface area contributed by atoms with Crippen LogP contribution in [0.3, 0.4) is 0 Å². The molecule has 0 spiro atoms. The third kappa shape index (κ3) is 5.45.